The number of benzene rings is 4. The van der Waals surface area contributed by atoms with Crippen LogP contribution in [0.2, 0.25) is 0 Å². The Morgan fingerprint density at radius 3 is 1.96 bits per heavy atom. The second-order valence-corrected chi connectivity index (χ2v) is 12.9. The van der Waals surface area contributed by atoms with Crippen LogP contribution in [0.4, 0.5) is 4.79 Å². The fourth-order valence-corrected chi connectivity index (χ4v) is 6.59. The molecule has 14 nitrogen and oxygen atoms in total. The quantitative estimate of drug-likeness (QED) is 0.0836. The smallest absolute Gasteiger partial charge is 0.407 e. The van der Waals surface area contributed by atoms with Crippen LogP contribution in [0.5, 0.6) is 0 Å². The number of hydrogen-bond acceptors (Lipinski definition) is 12. The maximum atomic E-state index is 13.5. The summed E-state index contributed by atoms with van der Waals surface area (Å²) >= 11 is 0. The van der Waals surface area contributed by atoms with Crippen molar-refractivity contribution in [2.24, 2.45) is 0 Å². The van der Waals surface area contributed by atoms with Gasteiger partial charge in [-0.1, -0.05) is 97.1 Å². The molecule has 0 radical (unpaired) electrons. The van der Waals surface area contributed by atoms with Crippen LogP contribution in [0.1, 0.15) is 44.7 Å². The Morgan fingerprint density at radius 1 is 0.782 bits per heavy atom. The van der Waals surface area contributed by atoms with E-state index in [0.29, 0.717) is 5.56 Å². The van der Waals surface area contributed by atoms with Gasteiger partial charge in [0.2, 0.25) is 5.91 Å². The minimum Gasteiger partial charge on any atom is -0.456 e. The Hall–Kier alpha value is -5.93. The Kier molecular flexibility index (Phi) is 12.6. The molecule has 1 aliphatic carbocycles. The number of fused-ring (bicyclic) bond motifs is 3. The van der Waals surface area contributed by atoms with Crippen molar-refractivity contribution < 1.29 is 57.9 Å². The predicted molar refractivity (Wildman–Crippen MR) is 195 cm³/mol. The molecule has 14 heteroatoms. The molecule has 4 N–H and O–H groups in total. The molecule has 286 valence electrons. The topological polar surface area (TPSA) is 196 Å². The van der Waals surface area contributed by atoms with Crippen molar-refractivity contribution in [1.82, 2.24) is 10.6 Å². The first-order valence-electron chi connectivity index (χ1n) is 17.6. The summed E-state index contributed by atoms with van der Waals surface area (Å²) in [6.45, 7) is -0.957. The maximum absolute atomic E-state index is 13.5. The third-order valence-corrected chi connectivity index (χ3v) is 9.26. The highest BCUT2D eigenvalue weighted by Crippen LogP contribution is 2.44. The van der Waals surface area contributed by atoms with Crippen molar-refractivity contribution in [3.8, 4) is 11.1 Å². The molecule has 4 aromatic carbocycles. The van der Waals surface area contributed by atoms with E-state index in [2.05, 4.69) is 10.6 Å². The summed E-state index contributed by atoms with van der Waals surface area (Å²) in [5, 5.41) is 26.1. The Bertz CT molecular complexity index is 1950. The molecule has 55 heavy (non-hydrogen) atoms. The van der Waals surface area contributed by atoms with Gasteiger partial charge >= 0.3 is 18.0 Å². The van der Waals surface area contributed by atoms with E-state index >= 15 is 0 Å². The number of hydrogen-bond donors (Lipinski definition) is 4. The lowest BCUT2D eigenvalue weighted by atomic mass is 9.96. The molecule has 6 rings (SSSR count). The van der Waals surface area contributed by atoms with Gasteiger partial charge in [0.15, 0.2) is 30.8 Å². The zero-order valence-electron chi connectivity index (χ0n) is 29.7. The number of ether oxygens (including phenoxy) is 5. The van der Waals surface area contributed by atoms with E-state index in [1.165, 1.54) is 19.1 Å². The van der Waals surface area contributed by atoms with Crippen LogP contribution < -0.4 is 10.6 Å². The number of carbonyl (C=O) groups excluding carboxylic acids is 5. The molecule has 1 saturated heterocycles. The first kappa shape index (κ1) is 38.8. The van der Waals surface area contributed by atoms with Crippen LogP contribution in [0.25, 0.3) is 11.1 Å². The molecule has 0 unspecified atom stereocenters. The van der Waals surface area contributed by atoms with E-state index in [4.69, 9.17) is 23.7 Å². The molecule has 0 saturated carbocycles. The lowest BCUT2D eigenvalue weighted by Gasteiger charge is -2.43. The summed E-state index contributed by atoms with van der Waals surface area (Å²) in [5.74, 6) is -3.28. The highest BCUT2D eigenvalue weighted by molar-refractivity contribution is 5.98. The van der Waals surface area contributed by atoms with Crippen molar-refractivity contribution >= 4 is 29.7 Å². The number of amides is 2. The fraction of sp³-hybridized carbons (Fsp3) is 0.293. The predicted octanol–water partition coefficient (Wildman–Crippen LogP) is 3.14. The van der Waals surface area contributed by atoms with E-state index in [1.54, 1.807) is 48.5 Å². The average molecular weight is 753 g/mol. The molecule has 0 spiro atoms. The Balaban J connectivity index is 1.19. The van der Waals surface area contributed by atoms with Crippen molar-refractivity contribution in [3.63, 3.8) is 0 Å². The summed E-state index contributed by atoms with van der Waals surface area (Å²) < 4.78 is 28.3. The van der Waals surface area contributed by atoms with Gasteiger partial charge in [0.1, 0.15) is 24.9 Å². The monoisotopic (exact) mass is 752 g/mol. The normalized spacial score (nSPS) is 20.6. The molecular formula is C41H40N2O12. The van der Waals surface area contributed by atoms with Gasteiger partial charge in [-0.15, -0.1) is 0 Å². The number of nitrogens with one attached hydrogen (secondary N) is 2. The molecule has 2 amide bonds. The van der Waals surface area contributed by atoms with Crippen molar-refractivity contribution in [2.75, 3.05) is 26.4 Å². The second kappa shape index (κ2) is 17.9. The number of esters is 2. The largest absolute Gasteiger partial charge is 0.456 e. The Labute approximate surface area is 316 Å². The van der Waals surface area contributed by atoms with E-state index in [9.17, 15) is 34.2 Å². The fourth-order valence-electron chi connectivity index (χ4n) is 6.59. The van der Waals surface area contributed by atoms with Crippen LogP contribution in [0.3, 0.4) is 0 Å². The van der Waals surface area contributed by atoms with Crippen LogP contribution in [0, 0.1) is 0 Å². The molecule has 1 aliphatic heterocycles. The number of aliphatic hydroxyl groups excluding tert-OH is 2. The van der Waals surface area contributed by atoms with Crippen LogP contribution in [-0.4, -0.2) is 103 Å². The number of carbonyl (C=O) groups is 5. The molecular weight excluding hydrogens is 712 g/mol. The van der Waals surface area contributed by atoms with Gasteiger partial charge in [0.25, 0.3) is 0 Å². The van der Waals surface area contributed by atoms with Crippen LogP contribution >= 0.6 is 0 Å². The van der Waals surface area contributed by atoms with Gasteiger partial charge in [-0.3, -0.25) is 9.59 Å². The summed E-state index contributed by atoms with van der Waals surface area (Å²) in [5.41, 5.74) is 4.43. The summed E-state index contributed by atoms with van der Waals surface area (Å²) in [6.07, 6.45) is -6.99. The van der Waals surface area contributed by atoms with Crippen molar-refractivity contribution in [2.45, 2.75) is 49.5 Å². The van der Waals surface area contributed by atoms with Crippen molar-refractivity contribution in [1.29, 1.82) is 0 Å². The van der Waals surface area contributed by atoms with Crippen molar-refractivity contribution in [3.05, 3.63) is 131 Å². The van der Waals surface area contributed by atoms with Gasteiger partial charge in [-0.25, -0.2) is 14.4 Å². The van der Waals surface area contributed by atoms with Crippen LogP contribution in [0.15, 0.2) is 109 Å². The molecule has 2 aliphatic rings. The molecule has 0 aromatic heterocycles. The van der Waals surface area contributed by atoms with Gasteiger partial charge in [-0.05, 0) is 34.4 Å². The molecule has 4 aromatic rings. The van der Waals surface area contributed by atoms with Crippen LogP contribution in [-0.2, 0) is 33.3 Å². The first-order valence-corrected chi connectivity index (χ1v) is 17.6. The zero-order valence-corrected chi connectivity index (χ0v) is 29.7. The number of aliphatic hydroxyl groups is 2. The standard InChI is InChI=1S/C41H40N2O12/c1-24(45)42-35-37(55-38(48)26-14-6-3-7-15-26)36(47)34(20-44)54-40(35)52-22-32(39(49)51-23-33(46)25-12-4-2-5-13-25)43-41(50)53-21-31-29-18-10-8-16-27(29)28-17-9-11-19-30(28)31/h2-19,31-32,34-37,40,44,47H,20-23H2,1H3,(H,42,45)(H,43,50)/t32-,34-,35+,36-,37+,40-/m0/s1. The van der Waals surface area contributed by atoms with Gasteiger partial charge < -0.3 is 44.5 Å². The molecule has 0 bridgehead atoms. The summed E-state index contributed by atoms with van der Waals surface area (Å²) in [4.78, 5) is 65.0. The summed E-state index contributed by atoms with van der Waals surface area (Å²) in [7, 11) is 0. The number of alkyl carbamates (subject to hydrolysis) is 1. The lowest BCUT2D eigenvalue weighted by molar-refractivity contribution is -0.270. The average Bonchev–Trinajstić information content (AvgIpc) is 3.53. The van der Waals surface area contributed by atoms with E-state index in [0.717, 1.165) is 22.3 Å². The minimum absolute atomic E-state index is 0.0736. The molecule has 6 atom stereocenters. The number of Topliss-reactive ketones (excluding diaryl/α,β-unsaturated/α-hetero) is 1. The minimum atomic E-state index is -1.61. The first-order chi connectivity index (χ1) is 26.6. The third-order valence-electron chi connectivity index (χ3n) is 9.26. The number of ketones is 1. The highest BCUT2D eigenvalue weighted by Gasteiger charge is 2.49. The maximum Gasteiger partial charge on any atom is 0.407 e. The van der Waals surface area contributed by atoms with Gasteiger partial charge in [0.05, 0.1) is 18.8 Å². The number of rotatable bonds is 14. The van der Waals surface area contributed by atoms with Gasteiger partial charge in [-0.2, -0.15) is 0 Å². The summed E-state index contributed by atoms with van der Waals surface area (Å²) in [6, 6.07) is 28.6. The van der Waals surface area contributed by atoms with E-state index in [1.807, 2.05) is 48.5 Å². The second-order valence-electron chi connectivity index (χ2n) is 12.9. The Morgan fingerprint density at radius 2 is 1.36 bits per heavy atom. The van der Waals surface area contributed by atoms with E-state index in [-0.39, 0.29) is 18.1 Å². The lowest BCUT2D eigenvalue weighted by Crippen LogP contribution is -2.66. The third kappa shape index (κ3) is 9.24. The molecule has 1 fully saturated rings. The van der Waals surface area contributed by atoms with Gasteiger partial charge in [0, 0.05) is 18.4 Å². The SMILES string of the molecule is CC(=O)N[C@H]1[C@@H](OC[C@H](NC(=O)OCC2c3ccccc3-c3ccccc32)C(=O)OCC(=O)c2ccccc2)O[C@@H](CO)[C@H](O)[C@@H]1OC(=O)c1ccccc1. The van der Waals surface area contributed by atoms with E-state index < -0.39 is 86.2 Å². The molecule has 1 heterocycles. The zero-order chi connectivity index (χ0) is 38.9. The highest BCUT2D eigenvalue weighted by atomic mass is 16.7.